The van der Waals surface area contributed by atoms with Gasteiger partial charge in [0.05, 0.1) is 13.2 Å². The summed E-state index contributed by atoms with van der Waals surface area (Å²) in [6, 6.07) is 14.2. The summed E-state index contributed by atoms with van der Waals surface area (Å²) in [7, 11) is 3.49. The van der Waals surface area contributed by atoms with Gasteiger partial charge in [0.1, 0.15) is 18.1 Å². The third-order valence-corrected chi connectivity index (χ3v) is 4.16. The topological polar surface area (TPSA) is 50.8 Å². The Balaban J connectivity index is 1.80. The van der Waals surface area contributed by atoms with Gasteiger partial charge in [-0.25, -0.2) is 0 Å². The second-order valence-corrected chi connectivity index (χ2v) is 6.12. The van der Waals surface area contributed by atoms with Crippen molar-refractivity contribution >= 4 is 23.2 Å². The van der Waals surface area contributed by atoms with Crippen LogP contribution in [0.4, 0.5) is 5.69 Å². The number of likely N-dealkylation sites (N-methyl/N-ethyl adjacent to an activating group) is 1. The van der Waals surface area contributed by atoms with Crippen LogP contribution in [0.15, 0.2) is 48.5 Å². The molecule has 0 spiro atoms. The summed E-state index contributed by atoms with van der Waals surface area (Å²) >= 11 is 5.84. The molecular weight excluding hydrogens is 340 g/mol. The van der Waals surface area contributed by atoms with E-state index in [0.29, 0.717) is 29.6 Å². The predicted octanol–water partition coefficient (Wildman–Crippen LogP) is 3.69. The zero-order valence-electron chi connectivity index (χ0n) is 14.7. The first kappa shape index (κ1) is 19.1. The predicted molar refractivity (Wildman–Crippen MR) is 101 cm³/mol. The molecular formula is C19H23ClN2O3. The number of carbonyl (C=O) groups excluding carboxylic acids is 1. The Morgan fingerprint density at radius 3 is 2.60 bits per heavy atom. The van der Waals surface area contributed by atoms with Gasteiger partial charge < -0.3 is 14.8 Å². The molecule has 0 saturated carbocycles. The van der Waals surface area contributed by atoms with Crippen LogP contribution in [0.2, 0.25) is 5.02 Å². The van der Waals surface area contributed by atoms with E-state index in [-0.39, 0.29) is 11.9 Å². The van der Waals surface area contributed by atoms with Crippen molar-refractivity contribution in [1.29, 1.82) is 0 Å². The lowest BCUT2D eigenvalue weighted by atomic mass is 10.2. The van der Waals surface area contributed by atoms with Crippen LogP contribution in [-0.4, -0.2) is 44.2 Å². The maximum atomic E-state index is 12.4. The number of halogens is 1. The molecule has 2 aromatic rings. The minimum Gasteiger partial charge on any atom is -0.497 e. The molecule has 1 N–H and O–H groups in total. The molecule has 0 unspecified atom stereocenters. The number of benzene rings is 2. The van der Waals surface area contributed by atoms with Crippen LogP contribution in [0, 0.1) is 0 Å². The molecule has 0 aliphatic heterocycles. The van der Waals surface area contributed by atoms with Crippen molar-refractivity contribution in [3.8, 4) is 11.5 Å². The molecule has 0 fully saturated rings. The first-order valence-corrected chi connectivity index (χ1v) is 8.41. The summed E-state index contributed by atoms with van der Waals surface area (Å²) in [6.07, 6.45) is 0. The Hall–Kier alpha value is -2.24. The van der Waals surface area contributed by atoms with Gasteiger partial charge in [-0.15, -0.1) is 0 Å². The average Bonchev–Trinajstić information content (AvgIpc) is 2.62. The molecule has 0 aliphatic rings. The molecule has 5 nitrogen and oxygen atoms in total. The van der Waals surface area contributed by atoms with Crippen molar-refractivity contribution in [3.05, 3.63) is 53.6 Å². The molecule has 25 heavy (non-hydrogen) atoms. The molecule has 0 radical (unpaired) electrons. The number of amides is 1. The molecule has 0 aliphatic carbocycles. The van der Waals surface area contributed by atoms with Crippen molar-refractivity contribution < 1.29 is 14.3 Å². The quantitative estimate of drug-likeness (QED) is 0.778. The third-order valence-electron chi connectivity index (χ3n) is 3.90. The number of nitrogens with one attached hydrogen (secondary N) is 1. The van der Waals surface area contributed by atoms with Gasteiger partial charge in [0, 0.05) is 23.3 Å². The summed E-state index contributed by atoms with van der Waals surface area (Å²) in [5.74, 6) is 1.38. The summed E-state index contributed by atoms with van der Waals surface area (Å²) in [6.45, 7) is 2.96. The largest absolute Gasteiger partial charge is 0.497 e. The van der Waals surface area contributed by atoms with Crippen LogP contribution in [0.5, 0.6) is 11.5 Å². The summed E-state index contributed by atoms with van der Waals surface area (Å²) in [5.41, 5.74) is 0.710. The minimum absolute atomic E-state index is 0.0813. The molecule has 2 rings (SSSR count). The third kappa shape index (κ3) is 5.96. The van der Waals surface area contributed by atoms with Crippen LogP contribution in [0.3, 0.4) is 0 Å². The fourth-order valence-electron chi connectivity index (χ4n) is 2.18. The molecule has 1 atom stereocenters. The number of hydrogen-bond donors (Lipinski definition) is 1. The van der Waals surface area contributed by atoms with Crippen LogP contribution in [0.1, 0.15) is 6.92 Å². The van der Waals surface area contributed by atoms with Crippen molar-refractivity contribution in [1.82, 2.24) is 4.90 Å². The lowest BCUT2D eigenvalue weighted by molar-refractivity contribution is -0.120. The van der Waals surface area contributed by atoms with Gasteiger partial charge >= 0.3 is 0 Å². The molecule has 0 bridgehead atoms. The highest BCUT2D eigenvalue weighted by atomic mass is 35.5. The number of nitrogens with zero attached hydrogens (tertiary/aromatic N) is 1. The summed E-state index contributed by atoms with van der Waals surface area (Å²) in [5, 5.41) is 3.57. The zero-order chi connectivity index (χ0) is 18.2. The van der Waals surface area contributed by atoms with E-state index in [1.807, 2.05) is 49.2 Å². The lowest BCUT2D eigenvalue weighted by Crippen LogP contribution is -2.41. The van der Waals surface area contributed by atoms with Gasteiger partial charge in [0.2, 0.25) is 5.91 Å². The Bertz CT molecular complexity index is 691. The molecule has 0 heterocycles. The van der Waals surface area contributed by atoms with Crippen molar-refractivity contribution in [2.75, 3.05) is 32.6 Å². The highest BCUT2D eigenvalue weighted by Crippen LogP contribution is 2.17. The average molecular weight is 363 g/mol. The van der Waals surface area contributed by atoms with Crippen molar-refractivity contribution in [3.63, 3.8) is 0 Å². The standard InChI is InChI=1S/C19H23ClN2O3/c1-14(19(23)21-16-5-4-6-18(13-16)24-3)22(2)11-12-25-17-9-7-15(20)8-10-17/h4-10,13-14H,11-12H2,1-3H3,(H,21,23)/t14-/m1/s1. The highest BCUT2D eigenvalue weighted by molar-refractivity contribution is 6.30. The number of rotatable bonds is 8. The van der Waals surface area contributed by atoms with Crippen LogP contribution < -0.4 is 14.8 Å². The van der Waals surface area contributed by atoms with Crippen molar-refractivity contribution in [2.24, 2.45) is 0 Å². The maximum Gasteiger partial charge on any atom is 0.241 e. The molecule has 2 aromatic carbocycles. The van der Waals surface area contributed by atoms with E-state index >= 15 is 0 Å². The van der Waals surface area contributed by atoms with E-state index in [2.05, 4.69) is 5.32 Å². The summed E-state index contributed by atoms with van der Waals surface area (Å²) < 4.78 is 10.8. The molecule has 1 amide bonds. The van der Waals surface area contributed by atoms with Gasteiger partial charge in [0.25, 0.3) is 0 Å². The van der Waals surface area contributed by atoms with Gasteiger partial charge in [-0.05, 0) is 50.4 Å². The fourth-order valence-corrected chi connectivity index (χ4v) is 2.31. The smallest absolute Gasteiger partial charge is 0.241 e. The molecule has 0 aromatic heterocycles. The number of methoxy groups -OCH3 is 1. The zero-order valence-corrected chi connectivity index (χ0v) is 15.4. The number of hydrogen-bond acceptors (Lipinski definition) is 4. The van der Waals surface area contributed by atoms with Crippen LogP contribution >= 0.6 is 11.6 Å². The van der Waals surface area contributed by atoms with E-state index < -0.39 is 0 Å². The van der Waals surface area contributed by atoms with E-state index in [9.17, 15) is 4.79 Å². The lowest BCUT2D eigenvalue weighted by Gasteiger charge is -2.24. The second-order valence-electron chi connectivity index (χ2n) is 5.68. The first-order valence-electron chi connectivity index (χ1n) is 8.03. The molecule has 134 valence electrons. The van der Waals surface area contributed by atoms with E-state index in [0.717, 1.165) is 5.75 Å². The number of ether oxygens (including phenoxy) is 2. The second kappa shape index (κ2) is 9.30. The SMILES string of the molecule is COc1cccc(NC(=O)[C@@H](C)N(C)CCOc2ccc(Cl)cc2)c1. The van der Waals surface area contributed by atoms with Gasteiger partial charge in [-0.2, -0.15) is 0 Å². The fraction of sp³-hybridized carbons (Fsp3) is 0.316. The van der Waals surface area contributed by atoms with Gasteiger partial charge in [-0.3, -0.25) is 9.69 Å². The number of carbonyl (C=O) groups is 1. The van der Waals surface area contributed by atoms with Crippen molar-refractivity contribution in [2.45, 2.75) is 13.0 Å². The van der Waals surface area contributed by atoms with E-state index in [1.165, 1.54) is 0 Å². The minimum atomic E-state index is -0.292. The first-order chi connectivity index (χ1) is 12.0. The van der Waals surface area contributed by atoms with Crippen LogP contribution in [0.25, 0.3) is 0 Å². The Morgan fingerprint density at radius 2 is 1.92 bits per heavy atom. The van der Waals surface area contributed by atoms with E-state index in [4.69, 9.17) is 21.1 Å². The molecule has 6 heteroatoms. The Labute approximate surface area is 153 Å². The normalized spacial score (nSPS) is 11.9. The highest BCUT2D eigenvalue weighted by Gasteiger charge is 2.18. The molecule has 0 saturated heterocycles. The van der Waals surface area contributed by atoms with Crippen LogP contribution in [-0.2, 0) is 4.79 Å². The summed E-state index contributed by atoms with van der Waals surface area (Å²) in [4.78, 5) is 14.3. The number of anilines is 1. The maximum absolute atomic E-state index is 12.4. The van der Waals surface area contributed by atoms with Gasteiger partial charge in [-0.1, -0.05) is 17.7 Å². The Morgan fingerprint density at radius 1 is 1.20 bits per heavy atom. The monoisotopic (exact) mass is 362 g/mol. The van der Waals surface area contributed by atoms with Gasteiger partial charge in [0.15, 0.2) is 0 Å². The Kier molecular flexibility index (Phi) is 7.10. The van der Waals surface area contributed by atoms with E-state index in [1.54, 1.807) is 25.3 Å².